The number of ketones is 1. The van der Waals surface area contributed by atoms with E-state index in [1.54, 1.807) is 19.3 Å². The van der Waals surface area contributed by atoms with E-state index in [0.717, 1.165) is 11.1 Å². The third-order valence-electron chi connectivity index (χ3n) is 4.83. The number of nitrogens with one attached hydrogen (secondary N) is 1. The van der Waals surface area contributed by atoms with Crippen LogP contribution in [0.3, 0.4) is 0 Å². The predicted molar refractivity (Wildman–Crippen MR) is 107 cm³/mol. The zero-order valence-electron chi connectivity index (χ0n) is 16.8. The summed E-state index contributed by atoms with van der Waals surface area (Å²) >= 11 is 0. The normalized spacial score (nSPS) is 19.9. The summed E-state index contributed by atoms with van der Waals surface area (Å²) in [7, 11) is 0. The van der Waals surface area contributed by atoms with E-state index in [9.17, 15) is 14.4 Å². The number of Topliss-reactive ketones (excluding diaryl/α,β-unsaturated/α-hetero) is 1. The van der Waals surface area contributed by atoms with Gasteiger partial charge in [0.1, 0.15) is 12.6 Å². The Bertz CT molecular complexity index is 874. The maximum atomic E-state index is 12.7. The standard InChI is InChI=1S/C22H26N2O5/c1-14(2)11-19(21(26)23-20-15(3)28-13-18(20)25)29-22(27)24-10-9-17(12-24)16-7-5-4-6-8-16/h4-10,12,14-15,19-20H,11,13H2,1-3H3,(H,23,26). The summed E-state index contributed by atoms with van der Waals surface area (Å²) < 4.78 is 12.1. The predicted octanol–water partition coefficient (Wildman–Crippen LogP) is 3.03. The first-order chi connectivity index (χ1) is 13.8. The Morgan fingerprint density at radius 1 is 1.21 bits per heavy atom. The third kappa shape index (κ3) is 5.12. The van der Waals surface area contributed by atoms with Crippen molar-refractivity contribution in [2.24, 2.45) is 5.92 Å². The molecule has 1 amide bonds. The Morgan fingerprint density at radius 3 is 2.55 bits per heavy atom. The molecule has 7 heteroatoms. The van der Waals surface area contributed by atoms with Gasteiger partial charge in [0, 0.05) is 12.4 Å². The van der Waals surface area contributed by atoms with E-state index in [4.69, 9.17) is 9.47 Å². The molecule has 3 atom stereocenters. The average Bonchev–Trinajstić information content (AvgIpc) is 3.30. The molecule has 3 unspecified atom stereocenters. The molecule has 0 bridgehead atoms. The number of aromatic nitrogens is 1. The summed E-state index contributed by atoms with van der Waals surface area (Å²) in [6.45, 7) is 5.57. The Balaban J connectivity index is 1.69. The van der Waals surface area contributed by atoms with Crippen LogP contribution < -0.4 is 5.32 Å². The van der Waals surface area contributed by atoms with Crippen LogP contribution in [0.25, 0.3) is 11.1 Å². The summed E-state index contributed by atoms with van der Waals surface area (Å²) in [5.74, 6) is -0.549. The fraction of sp³-hybridized carbons (Fsp3) is 0.409. The number of carbonyl (C=O) groups excluding carboxylic acids is 3. The van der Waals surface area contributed by atoms with Gasteiger partial charge in [0.05, 0.1) is 6.10 Å². The molecule has 1 fully saturated rings. The van der Waals surface area contributed by atoms with E-state index in [2.05, 4.69) is 5.32 Å². The lowest BCUT2D eigenvalue weighted by Gasteiger charge is -2.22. The topological polar surface area (TPSA) is 86.6 Å². The first-order valence-electron chi connectivity index (χ1n) is 9.74. The molecule has 0 aliphatic carbocycles. The maximum absolute atomic E-state index is 12.7. The van der Waals surface area contributed by atoms with Crippen LogP contribution in [0.4, 0.5) is 4.79 Å². The summed E-state index contributed by atoms with van der Waals surface area (Å²) in [5, 5.41) is 2.67. The first-order valence-corrected chi connectivity index (χ1v) is 9.74. The molecule has 2 heterocycles. The van der Waals surface area contributed by atoms with Gasteiger partial charge in [-0.2, -0.15) is 0 Å². The van der Waals surface area contributed by atoms with Crippen LogP contribution in [-0.4, -0.2) is 47.2 Å². The molecule has 1 saturated heterocycles. The van der Waals surface area contributed by atoms with Crippen LogP contribution in [-0.2, 0) is 19.1 Å². The fourth-order valence-electron chi connectivity index (χ4n) is 3.24. The molecule has 154 valence electrons. The lowest BCUT2D eigenvalue weighted by Crippen LogP contribution is -2.49. The van der Waals surface area contributed by atoms with E-state index in [0.29, 0.717) is 6.42 Å². The van der Waals surface area contributed by atoms with Gasteiger partial charge in [-0.1, -0.05) is 44.2 Å². The van der Waals surface area contributed by atoms with Gasteiger partial charge >= 0.3 is 6.09 Å². The first kappa shape index (κ1) is 20.8. The lowest BCUT2D eigenvalue weighted by atomic mass is 10.0. The Labute approximate surface area is 170 Å². The van der Waals surface area contributed by atoms with Gasteiger partial charge < -0.3 is 14.8 Å². The smallest absolute Gasteiger partial charge is 0.418 e. The van der Waals surface area contributed by atoms with Crippen molar-refractivity contribution in [1.29, 1.82) is 0 Å². The van der Waals surface area contributed by atoms with Gasteiger partial charge in [0.2, 0.25) is 0 Å². The van der Waals surface area contributed by atoms with Crippen LogP contribution in [0.5, 0.6) is 0 Å². The van der Waals surface area contributed by atoms with Crippen LogP contribution >= 0.6 is 0 Å². The van der Waals surface area contributed by atoms with Crippen molar-refractivity contribution in [1.82, 2.24) is 9.88 Å². The number of benzene rings is 1. The van der Waals surface area contributed by atoms with Crippen molar-refractivity contribution in [3.8, 4) is 11.1 Å². The van der Waals surface area contributed by atoms with E-state index in [-0.39, 0.29) is 18.3 Å². The second-order valence-electron chi connectivity index (χ2n) is 7.64. The lowest BCUT2D eigenvalue weighted by molar-refractivity contribution is -0.133. The number of nitrogens with zero attached hydrogens (tertiary/aromatic N) is 1. The van der Waals surface area contributed by atoms with Crippen LogP contribution in [0.1, 0.15) is 27.2 Å². The van der Waals surface area contributed by atoms with Crippen molar-refractivity contribution < 1.29 is 23.9 Å². The molecular weight excluding hydrogens is 372 g/mol. The number of hydrogen-bond acceptors (Lipinski definition) is 5. The third-order valence-corrected chi connectivity index (χ3v) is 4.83. The Hall–Kier alpha value is -2.93. The zero-order chi connectivity index (χ0) is 21.0. The number of amides is 1. The molecule has 2 aromatic rings. The van der Waals surface area contributed by atoms with Crippen molar-refractivity contribution in [3.05, 3.63) is 48.8 Å². The largest absolute Gasteiger partial charge is 0.435 e. The van der Waals surface area contributed by atoms with Crippen LogP contribution in [0, 0.1) is 5.92 Å². The molecule has 29 heavy (non-hydrogen) atoms. The molecule has 1 aliphatic rings. The molecule has 0 radical (unpaired) electrons. The highest BCUT2D eigenvalue weighted by Crippen LogP contribution is 2.20. The van der Waals surface area contributed by atoms with Gasteiger partial charge in [0.15, 0.2) is 11.9 Å². The molecule has 7 nitrogen and oxygen atoms in total. The molecule has 1 N–H and O–H groups in total. The maximum Gasteiger partial charge on any atom is 0.418 e. The monoisotopic (exact) mass is 398 g/mol. The minimum absolute atomic E-state index is 0.0215. The molecule has 0 spiro atoms. The van der Waals surface area contributed by atoms with Gasteiger partial charge in [0.25, 0.3) is 5.91 Å². The van der Waals surface area contributed by atoms with E-state index < -0.39 is 30.3 Å². The highest BCUT2D eigenvalue weighted by Gasteiger charge is 2.36. The van der Waals surface area contributed by atoms with Crippen molar-refractivity contribution >= 4 is 17.8 Å². The van der Waals surface area contributed by atoms with E-state index in [1.807, 2.05) is 50.2 Å². The molecular formula is C22H26N2O5. The SMILES string of the molecule is CC(C)CC(OC(=O)n1ccc(-c2ccccc2)c1)C(=O)NC1C(=O)COC1C. The highest BCUT2D eigenvalue weighted by molar-refractivity contribution is 5.93. The zero-order valence-corrected chi connectivity index (χ0v) is 16.8. The summed E-state index contributed by atoms with van der Waals surface area (Å²) in [5.41, 5.74) is 1.85. The minimum atomic E-state index is -0.995. The fourth-order valence-corrected chi connectivity index (χ4v) is 3.24. The Kier molecular flexibility index (Phi) is 6.49. The van der Waals surface area contributed by atoms with Crippen LogP contribution in [0.2, 0.25) is 0 Å². The highest BCUT2D eigenvalue weighted by atomic mass is 16.6. The van der Waals surface area contributed by atoms with Crippen molar-refractivity contribution in [2.45, 2.75) is 45.4 Å². The second-order valence-corrected chi connectivity index (χ2v) is 7.64. The number of carbonyl (C=O) groups is 3. The minimum Gasteiger partial charge on any atom is -0.435 e. The average molecular weight is 398 g/mol. The molecule has 1 aliphatic heterocycles. The molecule has 3 rings (SSSR count). The van der Waals surface area contributed by atoms with Gasteiger partial charge in [-0.05, 0) is 36.5 Å². The summed E-state index contributed by atoms with van der Waals surface area (Å²) in [6, 6.07) is 10.7. The quantitative estimate of drug-likeness (QED) is 0.808. The molecule has 1 aromatic carbocycles. The van der Waals surface area contributed by atoms with Crippen molar-refractivity contribution in [2.75, 3.05) is 6.61 Å². The second kappa shape index (κ2) is 9.05. The van der Waals surface area contributed by atoms with Gasteiger partial charge in [-0.3, -0.25) is 14.2 Å². The van der Waals surface area contributed by atoms with Crippen molar-refractivity contribution in [3.63, 3.8) is 0 Å². The number of hydrogen-bond donors (Lipinski definition) is 1. The Morgan fingerprint density at radius 2 is 1.93 bits per heavy atom. The summed E-state index contributed by atoms with van der Waals surface area (Å²) in [4.78, 5) is 37.2. The number of ether oxygens (including phenoxy) is 2. The van der Waals surface area contributed by atoms with E-state index >= 15 is 0 Å². The molecule has 0 saturated carbocycles. The molecule has 1 aromatic heterocycles. The summed E-state index contributed by atoms with van der Waals surface area (Å²) in [6.07, 6.45) is 1.57. The number of rotatable bonds is 6. The van der Waals surface area contributed by atoms with E-state index in [1.165, 1.54) is 4.57 Å². The van der Waals surface area contributed by atoms with Gasteiger partial charge in [-0.15, -0.1) is 0 Å². The van der Waals surface area contributed by atoms with Crippen LogP contribution in [0.15, 0.2) is 48.8 Å². The van der Waals surface area contributed by atoms with Gasteiger partial charge in [-0.25, -0.2) is 4.79 Å².